The summed E-state index contributed by atoms with van der Waals surface area (Å²) in [5.41, 5.74) is 1.42. The molecule has 1 fully saturated rings. The van der Waals surface area contributed by atoms with E-state index in [1.807, 2.05) is 28.9 Å². The van der Waals surface area contributed by atoms with E-state index < -0.39 is 0 Å². The molecule has 1 atom stereocenters. The number of anilines is 1. The fourth-order valence-corrected chi connectivity index (χ4v) is 3.72. The third-order valence-corrected chi connectivity index (χ3v) is 5.25. The Morgan fingerprint density at radius 3 is 2.93 bits per heavy atom. The average molecular weight is 408 g/mol. The van der Waals surface area contributed by atoms with Crippen LogP contribution < -0.4 is 10.2 Å². The number of fused-ring (bicyclic) bond motifs is 1. The molecule has 0 aliphatic carbocycles. The van der Waals surface area contributed by atoms with Gasteiger partial charge in [-0.2, -0.15) is 5.10 Å². The molecule has 1 aliphatic rings. The topological polar surface area (TPSA) is 80.4 Å². The minimum absolute atomic E-state index is 0.0401. The molecule has 5 heterocycles. The van der Waals surface area contributed by atoms with Gasteiger partial charge in [-0.3, -0.25) is 4.79 Å². The van der Waals surface area contributed by atoms with E-state index in [2.05, 4.69) is 25.3 Å². The summed E-state index contributed by atoms with van der Waals surface area (Å²) < 4.78 is 3.61. The quantitative estimate of drug-likeness (QED) is 0.562. The SMILES string of the molecule is O=C(N[C@H]1CCN(c2nccn3cccc23)C1)c1ccn(-c2ccc(Cl)cn2)n1. The number of amides is 1. The Kier molecular flexibility index (Phi) is 4.40. The summed E-state index contributed by atoms with van der Waals surface area (Å²) in [5, 5.41) is 7.96. The second-order valence-corrected chi connectivity index (χ2v) is 7.37. The van der Waals surface area contributed by atoms with Crippen molar-refractivity contribution in [2.24, 2.45) is 0 Å². The zero-order valence-electron chi connectivity index (χ0n) is 15.4. The molecule has 5 rings (SSSR count). The number of carbonyl (C=O) groups excluding carboxylic acids is 1. The van der Waals surface area contributed by atoms with Crippen molar-refractivity contribution in [1.29, 1.82) is 0 Å². The smallest absolute Gasteiger partial charge is 0.272 e. The molecule has 4 aromatic heterocycles. The van der Waals surface area contributed by atoms with Crippen molar-refractivity contribution in [2.45, 2.75) is 12.5 Å². The van der Waals surface area contributed by atoms with E-state index in [9.17, 15) is 4.79 Å². The highest BCUT2D eigenvalue weighted by atomic mass is 35.5. The van der Waals surface area contributed by atoms with Crippen molar-refractivity contribution in [3.05, 3.63) is 72.0 Å². The van der Waals surface area contributed by atoms with E-state index in [1.165, 1.54) is 0 Å². The minimum atomic E-state index is -0.196. The van der Waals surface area contributed by atoms with Gasteiger partial charge in [-0.15, -0.1) is 0 Å². The molecule has 0 bridgehead atoms. The number of rotatable bonds is 4. The molecule has 1 saturated heterocycles. The summed E-state index contributed by atoms with van der Waals surface area (Å²) in [5.74, 6) is 1.35. The lowest BCUT2D eigenvalue weighted by atomic mass is 10.2. The lowest BCUT2D eigenvalue weighted by Gasteiger charge is -2.18. The number of hydrogen-bond acceptors (Lipinski definition) is 5. The standard InChI is InChI=1S/C20H18ClN7O/c21-14-3-4-18(23-12-14)28-10-6-16(25-28)20(29)24-15-5-9-27(13-15)19-17-2-1-8-26(17)11-7-22-19/h1-4,6-8,10-12,15H,5,9,13H2,(H,24,29)/t15-/m0/s1. The van der Waals surface area contributed by atoms with Crippen molar-refractivity contribution in [2.75, 3.05) is 18.0 Å². The first-order valence-electron chi connectivity index (χ1n) is 9.32. The third-order valence-electron chi connectivity index (χ3n) is 5.02. The molecule has 4 aromatic rings. The van der Waals surface area contributed by atoms with E-state index in [4.69, 9.17) is 11.6 Å². The average Bonchev–Trinajstić information content (AvgIpc) is 3.48. The van der Waals surface area contributed by atoms with Crippen LogP contribution in [0.4, 0.5) is 5.82 Å². The van der Waals surface area contributed by atoms with E-state index in [1.54, 1.807) is 41.5 Å². The number of halogens is 1. The molecule has 9 heteroatoms. The Balaban J connectivity index is 1.26. The van der Waals surface area contributed by atoms with Gasteiger partial charge in [-0.05, 0) is 36.8 Å². The molecule has 1 amide bonds. The Morgan fingerprint density at radius 2 is 2.07 bits per heavy atom. The lowest BCUT2D eigenvalue weighted by molar-refractivity contribution is 0.0935. The lowest BCUT2D eigenvalue weighted by Crippen LogP contribution is -2.37. The van der Waals surface area contributed by atoms with Gasteiger partial charge in [0.05, 0.1) is 10.5 Å². The third kappa shape index (κ3) is 3.42. The monoisotopic (exact) mass is 407 g/mol. The zero-order valence-corrected chi connectivity index (χ0v) is 16.2. The molecule has 0 saturated carbocycles. The molecule has 0 aromatic carbocycles. The van der Waals surface area contributed by atoms with Gasteiger partial charge in [0.2, 0.25) is 0 Å². The molecular formula is C20H18ClN7O. The van der Waals surface area contributed by atoms with Gasteiger partial charge in [-0.1, -0.05) is 11.6 Å². The first-order valence-corrected chi connectivity index (χ1v) is 9.70. The van der Waals surface area contributed by atoms with Crippen LogP contribution in [-0.2, 0) is 0 Å². The molecule has 0 radical (unpaired) electrons. The highest BCUT2D eigenvalue weighted by Crippen LogP contribution is 2.23. The number of aromatic nitrogens is 5. The van der Waals surface area contributed by atoms with Crippen molar-refractivity contribution in [3.8, 4) is 5.82 Å². The summed E-state index contributed by atoms with van der Waals surface area (Å²) in [6.07, 6.45) is 9.84. The predicted octanol–water partition coefficient (Wildman–Crippen LogP) is 2.58. The van der Waals surface area contributed by atoms with Gasteiger partial charge in [0.15, 0.2) is 17.3 Å². The Labute approximate surface area is 171 Å². The highest BCUT2D eigenvalue weighted by Gasteiger charge is 2.27. The first-order chi connectivity index (χ1) is 14.2. The zero-order chi connectivity index (χ0) is 19.8. The van der Waals surface area contributed by atoms with Crippen LogP contribution in [0.3, 0.4) is 0 Å². The summed E-state index contributed by atoms with van der Waals surface area (Å²) in [4.78, 5) is 23.6. The van der Waals surface area contributed by atoms with E-state index in [0.29, 0.717) is 23.1 Å². The summed E-state index contributed by atoms with van der Waals surface area (Å²) >= 11 is 5.87. The van der Waals surface area contributed by atoms with Gasteiger partial charge in [0.25, 0.3) is 5.91 Å². The Hall–Kier alpha value is -3.39. The van der Waals surface area contributed by atoms with Crippen LogP contribution in [0.2, 0.25) is 5.02 Å². The number of nitrogens with one attached hydrogen (secondary N) is 1. The van der Waals surface area contributed by atoms with Crippen LogP contribution in [0.5, 0.6) is 0 Å². The van der Waals surface area contributed by atoms with Crippen LogP contribution >= 0.6 is 11.6 Å². The van der Waals surface area contributed by atoms with E-state index >= 15 is 0 Å². The predicted molar refractivity (Wildman–Crippen MR) is 110 cm³/mol. The van der Waals surface area contributed by atoms with Crippen LogP contribution in [0.1, 0.15) is 16.9 Å². The molecule has 146 valence electrons. The number of carbonyl (C=O) groups is 1. The minimum Gasteiger partial charge on any atom is -0.353 e. The second-order valence-electron chi connectivity index (χ2n) is 6.94. The van der Waals surface area contributed by atoms with Crippen LogP contribution in [-0.4, -0.2) is 49.2 Å². The summed E-state index contributed by atoms with van der Waals surface area (Å²) in [7, 11) is 0. The maximum atomic E-state index is 12.6. The molecule has 1 N–H and O–H groups in total. The summed E-state index contributed by atoms with van der Waals surface area (Å²) in [6.45, 7) is 1.55. The molecule has 0 unspecified atom stereocenters. The van der Waals surface area contributed by atoms with Crippen LogP contribution in [0.25, 0.3) is 11.3 Å². The molecule has 29 heavy (non-hydrogen) atoms. The normalized spacial score (nSPS) is 16.4. The molecule has 0 spiro atoms. The fourth-order valence-electron chi connectivity index (χ4n) is 3.60. The Morgan fingerprint density at radius 1 is 1.14 bits per heavy atom. The second kappa shape index (κ2) is 7.21. The fraction of sp³-hybridized carbons (Fsp3) is 0.200. The van der Waals surface area contributed by atoms with Gasteiger partial charge in [0, 0.05) is 50.1 Å². The van der Waals surface area contributed by atoms with Gasteiger partial charge in [0.1, 0.15) is 0 Å². The van der Waals surface area contributed by atoms with Gasteiger partial charge in [-0.25, -0.2) is 14.6 Å². The van der Waals surface area contributed by atoms with Crippen molar-refractivity contribution in [3.63, 3.8) is 0 Å². The molecule has 1 aliphatic heterocycles. The molecular weight excluding hydrogens is 390 g/mol. The maximum absolute atomic E-state index is 12.6. The van der Waals surface area contributed by atoms with Crippen LogP contribution in [0, 0.1) is 0 Å². The van der Waals surface area contributed by atoms with Crippen molar-refractivity contribution in [1.82, 2.24) is 29.5 Å². The maximum Gasteiger partial charge on any atom is 0.272 e. The Bertz CT molecular complexity index is 1170. The van der Waals surface area contributed by atoms with Crippen LogP contribution in [0.15, 0.2) is 61.3 Å². The van der Waals surface area contributed by atoms with Crippen molar-refractivity contribution >= 4 is 28.8 Å². The number of hydrogen-bond donors (Lipinski definition) is 1. The van der Waals surface area contributed by atoms with Gasteiger partial charge >= 0.3 is 0 Å². The summed E-state index contributed by atoms with van der Waals surface area (Å²) in [6, 6.07) is 9.26. The van der Waals surface area contributed by atoms with Gasteiger partial charge < -0.3 is 14.6 Å². The van der Waals surface area contributed by atoms with Crippen molar-refractivity contribution < 1.29 is 4.79 Å². The van der Waals surface area contributed by atoms with E-state index in [0.717, 1.165) is 24.3 Å². The van der Waals surface area contributed by atoms with E-state index in [-0.39, 0.29) is 11.9 Å². The molecule has 8 nitrogen and oxygen atoms in total. The largest absolute Gasteiger partial charge is 0.353 e. The number of pyridine rings is 1. The number of nitrogens with zero attached hydrogens (tertiary/aromatic N) is 6. The highest BCUT2D eigenvalue weighted by molar-refractivity contribution is 6.30. The first kappa shape index (κ1) is 17.7.